The number of aromatic nitrogens is 1. The van der Waals surface area contributed by atoms with E-state index in [1.165, 1.54) is 17.0 Å². The standard InChI is InChI=1S/C20H22N4OS/c1-23-5-7-24(8-6-23)16-3-2-14-10-15(13-22-18(14)11-16)19(25)12-20-17(21)4-9-26-20/h2-4,9-11,13H,5-8,12,21H2,1H3. The lowest BCUT2D eigenvalue weighted by molar-refractivity contribution is 0.0993. The molecule has 0 unspecified atom stereocenters. The highest BCUT2D eigenvalue weighted by atomic mass is 32.1. The second-order valence-electron chi connectivity index (χ2n) is 6.79. The Hall–Kier alpha value is -2.44. The Morgan fingerprint density at radius 1 is 1.19 bits per heavy atom. The summed E-state index contributed by atoms with van der Waals surface area (Å²) in [6, 6.07) is 10.1. The number of hydrogen-bond acceptors (Lipinski definition) is 6. The Labute approximate surface area is 157 Å². The van der Waals surface area contributed by atoms with E-state index in [9.17, 15) is 4.79 Å². The number of anilines is 2. The number of Topliss-reactive ketones (excluding diaryl/α,β-unsaturated/α-hetero) is 1. The van der Waals surface area contributed by atoms with Gasteiger partial charge in [-0.05, 0) is 36.7 Å². The largest absolute Gasteiger partial charge is 0.398 e. The number of likely N-dealkylation sites (N-methyl/N-ethyl adjacent to an activating group) is 1. The van der Waals surface area contributed by atoms with Gasteiger partial charge in [0, 0.05) is 66.0 Å². The minimum Gasteiger partial charge on any atom is -0.398 e. The molecule has 2 aromatic heterocycles. The SMILES string of the molecule is CN1CCN(c2ccc3cc(C(=O)Cc4sccc4N)cnc3c2)CC1. The highest BCUT2D eigenvalue weighted by Crippen LogP contribution is 2.24. The third-order valence-corrected chi connectivity index (χ3v) is 5.90. The maximum atomic E-state index is 12.6. The molecule has 4 rings (SSSR count). The van der Waals surface area contributed by atoms with Crippen molar-refractivity contribution in [2.75, 3.05) is 43.9 Å². The molecule has 3 heterocycles. The molecule has 1 aliphatic heterocycles. The van der Waals surface area contributed by atoms with Gasteiger partial charge in [-0.25, -0.2) is 0 Å². The van der Waals surface area contributed by atoms with E-state index in [1.807, 2.05) is 17.5 Å². The van der Waals surface area contributed by atoms with Crippen molar-refractivity contribution in [2.24, 2.45) is 0 Å². The van der Waals surface area contributed by atoms with Gasteiger partial charge in [-0.3, -0.25) is 9.78 Å². The van der Waals surface area contributed by atoms with Gasteiger partial charge in [0.15, 0.2) is 5.78 Å². The van der Waals surface area contributed by atoms with Crippen molar-refractivity contribution < 1.29 is 4.79 Å². The van der Waals surface area contributed by atoms with Gasteiger partial charge in [-0.1, -0.05) is 6.07 Å². The summed E-state index contributed by atoms with van der Waals surface area (Å²) in [5.74, 6) is 0.0525. The Morgan fingerprint density at radius 3 is 2.73 bits per heavy atom. The molecule has 26 heavy (non-hydrogen) atoms. The molecule has 5 nitrogen and oxygen atoms in total. The summed E-state index contributed by atoms with van der Waals surface area (Å²) in [4.78, 5) is 22.7. The van der Waals surface area contributed by atoms with Gasteiger partial charge >= 0.3 is 0 Å². The van der Waals surface area contributed by atoms with Crippen LogP contribution >= 0.6 is 11.3 Å². The maximum Gasteiger partial charge on any atom is 0.169 e. The zero-order chi connectivity index (χ0) is 18.1. The molecule has 6 heteroatoms. The van der Waals surface area contributed by atoms with Crippen LogP contribution in [0.25, 0.3) is 10.9 Å². The molecule has 0 spiro atoms. The molecule has 0 bridgehead atoms. The van der Waals surface area contributed by atoms with Crippen LogP contribution in [0, 0.1) is 0 Å². The number of carbonyl (C=O) groups is 1. The molecule has 1 saturated heterocycles. The van der Waals surface area contributed by atoms with Crippen LogP contribution in [0.2, 0.25) is 0 Å². The first kappa shape index (κ1) is 17.0. The molecular formula is C20H22N4OS. The smallest absolute Gasteiger partial charge is 0.169 e. The van der Waals surface area contributed by atoms with Crippen LogP contribution < -0.4 is 10.6 Å². The summed E-state index contributed by atoms with van der Waals surface area (Å²) in [6.45, 7) is 4.21. The van der Waals surface area contributed by atoms with Crippen molar-refractivity contribution in [2.45, 2.75) is 6.42 Å². The van der Waals surface area contributed by atoms with E-state index in [0.717, 1.165) is 42.0 Å². The van der Waals surface area contributed by atoms with Gasteiger partial charge in [0.05, 0.1) is 5.52 Å². The van der Waals surface area contributed by atoms with E-state index < -0.39 is 0 Å². The number of carbonyl (C=O) groups excluding carboxylic acids is 1. The van der Waals surface area contributed by atoms with E-state index in [-0.39, 0.29) is 5.78 Å². The van der Waals surface area contributed by atoms with Crippen LogP contribution in [-0.2, 0) is 6.42 Å². The average molecular weight is 366 g/mol. The van der Waals surface area contributed by atoms with Crippen LogP contribution in [0.15, 0.2) is 41.9 Å². The van der Waals surface area contributed by atoms with Crippen molar-refractivity contribution in [1.29, 1.82) is 0 Å². The van der Waals surface area contributed by atoms with Crippen LogP contribution in [0.1, 0.15) is 15.2 Å². The van der Waals surface area contributed by atoms with Crippen molar-refractivity contribution >= 4 is 39.4 Å². The molecule has 0 aliphatic carbocycles. The van der Waals surface area contributed by atoms with E-state index >= 15 is 0 Å². The molecular weight excluding hydrogens is 344 g/mol. The number of benzene rings is 1. The molecule has 0 radical (unpaired) electrons. The highest BCUT2D eigenvalue weighted by molar-refractivity contribution is 7.10. The molecule has 1 fully saturated rings. The predicted molar refractivity (Wildman–Crippen MR) is 108 cm³/mol. The summed E-state index contributed by atoms with van der Waals surface area (Å²) < 4.78 is 0. The number of ketones is 1. The highest BCUT2D eigenvalue weighted by Gasteiger charge is 2.15. The van der Waals surface area contributed by atoms with Crippen molar-refractivity contribution in [3.05, 3.63) is 52.3 Å². The first-order valence-electron chi connectivity index (χ1n) is 8.78. The summed E-state index contributed by atoms with van der Waals surface area (Å²) in [7, 11) is 2.15. The fraction of sp³-hybridized carbons (Fsp3) is 0.300. The summed E-state index contributed by atoms with van der Waals surface area (Å²) in [5, 5.41) is 2.91. The van der Waals surface area contributed by atoms with E-state index in [2.05, 4.69) is 40.0 Å². The number of piperazine rings is 1. The maximum absolute atomic E-state index is 12.6. The van der Waals surface area contributed by atoms with Gasteiger partial charge in [0.2, 0.25) is 0 Å². The van der Waals surface area contributed by atoms with Gasteiger partial charge in [-0.15, -0.1) is 11.3 Å². The van der Waals surface area contributed by atoms with Crippen molar-refractivity contribution in [3.63, 3.8) is 0 Å². The fourth-order valence-corrected chi connectivity index (χ4v) is 4.06. The molecule has 1 aliphatic rings. The first-order chi connectivity index (χ1) is 12.6. The molecule has 2 N–H and O–H groups in total. The first-order valence-corrected chi connectivity index (χ1v) is 9.66. The predicted octanol–water partition coefficient (Wildman–Crippen LogP) is 3.06. The number of rotatable bonds is 4. The summed E-state index contributed by atoms with van der Waals surface area (Å²) >= 11 is 1.52. The van der Waals surface area contributed by atoms with Gasteiger partial charge < -0.3 is 15.5 Å². The number of nitrogens with zero attached hydrogens (tertiary/aromatic N) is 3. The summed E-state index contributed by atoms with van der Waals surface area (Å²) in [6.07, 6.45) is 2.01. The molecule has 0 saturated carbocycles. The van der Waals surface area contributed by atoms with Gasteiger partial charge in [0.1, 0.15) is 0 Å². The fourth-order valence-electron chi connectivity index (χ4n) is 3.27. The van der Waals surface area contributed by atoms with Crippen LogP contribution in [0.4, 0.5) is 11.4 Å². The lowest BCUT2D eigenvalue weighted by Crippen LogP contribution is -2.44. The van der Waals surface area contributed by atoms with E-state index in [4.69, 9.17) is 5.73 Å². The van der Waals surface area contributed by atoms with E-state index in [0.29, 0.717) is 17.7 Å². The zero-order valence-electron chi connectivity index (χ0n) is 14.8. The second-order valence-corrected chi connectivity index (χ2v) is 7.79. The van der Waals surface area contributed by atoms with Gasteiger partial charge in [0.25, 0.3) is 0 Å². The van der Waals surface area contributed by atoms with Crippen molar-refractivity contribution in [3.8, 4) is 0 Å². The normalized spacial score (nSPS) is 15.5. The number of nitrogens with two attached hydrogens (primary N) is 1. The Balaban J connectivity index is 1.55. The minimum absolute atomic E-state index is 0.0525. The average Bonchev–Trinajstić information content (AvgIpc) is 3.06. The number of thiophene rings is 1. The third-order valence-electron chi connectivity index (χ3n) is 4.96. The molecule has 1 aromatic carbocycles. The zero-order valence-corrected chi connectivity index (χ0v) is 15.6. The number of nitrogen functional groups attached to an aromatic ring is 1. The monoisotopic (exact) mass is 366 g/mol. The third kappa shape index (κ3) is 3.43. The number of fused-ring (bicyclic) bond motifs is 1. The Bertz CT molecular complexity index is 944. The molecule has 3 aromatic rings. The molecule has 0 amide bonds. The second kappa shape index (κ2) is 7.05. The van der Waals surface area contributed by atoms with Crippen LogP contribution in [0.3, 0.4) is 0 Å². The van der Waals surface area contributed by atoms with Gasteiger partial charge in [-0.2, -0.15) is 0 Å². The lowest BCUT2D eigenvalue weighted by Gasteiger charge is -2.34. The quantitative estimate of drug-likeness (QED) is 0.719. The molecule has 134 valence electrons. The van der Waals surface area contributed by atoms with Crippen LogP contribution in [-0.4, -0.2) is 48.9 Å². The topological polar surface area (TPSA) is 62.5 Å². The number of hydrogen-bond donors (Lipinski definition) is 1. The van der Waals surface area contributed by atoms with Crippen LogP contribution in [0.5, 0.6) is 0 Å². The Kier molecular flexibility index (Phi) is 4.61. The van der Waals surface area contributed by atoms with E-state index in [1.54, 1.807) is 6.20 Å². The summed E-state index contributed by atoms with van der Waals surface area (Å²) in [5.41, 5.74) is 9.34. The lowest BCUT2D eigenvalue weighted by atomic mass is 10.1. The molecule has 0 atom stereocenters. The van der Waals surface area contributed by atoms with Crippen molar-refractivity contribution in [1.82, 2.24) is 9.88 Å². The number of pyridine rings is 1. The Morgan fingerprint density at radius 2 is 2.00 bits per heavy atom. The minimum atomic E-state index is 0.0525.